The normalized spacial score (nSPS) is 10.7. The minimum atomic E-state index is -0.549. The zero-order valence-corrected chi connectivity index (χ0v) is 10.9. The third kappa shape index (κ3) is 2.01. The number of rotatable bonds is 2. The summed E-state index contributed by atoms with van der Waals surface area (Å²) >= 11 is 0. The van der Waals surface area contributed by atoms with Gasteiger partial charge in [-0.25, -0.2) is 4.79 Å². The molecule has 0 spiro atoms. The van der Waals surface area contributed by atoms with Crippen molar-refractivity contribution in [3.63, 3.8) is 0 Å². The lowest BCUT2D eigenvalue weighted by Crippen LogP contribution is -2.01. The predicted octanol–water partition coefficient (Wildman–Crippen LogP) is 3.33. The smallest absolute Gasteiger partial charge is 0.341 e. The molecule has 100 valence electrons. The number of carbonyl (C=O) groups is 1. The van der Waals surface area contributed by atoms with E-state index in [-0.39, 0.29) is 11.3 Å². The quantitative estimate of drug-likeness (QED) is 0.700. The van der Waals surface area contributed by atoms with Crippen molar-refractivity contribution in [1.82, 2.24) is 4.98 Å². The lowest BCUT2D eigenvalue weighted by Gasteiger charge is -2.07. The van der Waals surface area contributed by atoms with Crippen LogP contribution < -0.4 is 0 Å². The first-order valence-electron chi connectivity index (χ1n) is 6.18. The van der Waals surface area contributed by atoms with Gasteiger partial charge in [0.15, 0.2) is 0 Å². The summed E-state index contributed by atoms with van der Waals surface area (Å²) in [5.74, 6) is -0.629. The van der Waals surface area contributed by atoms with Gasteiger partial charge < -0.3 is 14.8 Å². The van der Waals surface area contributed by atoms with Gasteiger partial charge in [-0.2, -0.15) is 0 Å². The van der Waals surface area contributed by atoms with E-state index >= 15 is 0 Å². The number of aromatic nitrogens is 1. The minimum absolute atomic E-state index is 0.0803. The maximum Gasteiger partial charge on any atom is 0.341 e. The Bertz CT molecular complexity index is 789. The van der Waals surface area contributed by atoms with Crippen molar-refractivity contribution >= 4 is 16.9 Å². The molecule has 0 aliphatic rings. The lowest BCUT2D eigenvalue weighted by molar-refractivity contribution is 0.0597. The number of hydrogen-bond acceptors (Lipinski definition) is 3. The Kier molecular flexibility index (Phi) is 2.91. The van der Waals surface area contributed by atoms with E-state index in [1.165, 1.54) is 13.2 Å². The summed E-state index contributed by atoms with van der Waals surface area (Å²) in [5, 5.41) is 10.8. The van der Waals surface area contributed by atoms with Crippen LogP contribution in [0.1, 0.15) is 10.4 Å². The van der Waals surface area contributed by atoms with E-state index in [1.807, 2.05) is 30.5 Å². The lowest BCUT2D eigenvalue weighted by atomic mass is 10.0. The first-order valence-corrected chi connectivity index (χ1v) is 6.18. The van der Waals surface area contributed by atoms with Crippen LogP contribution in [0.2, 0.25) is 0 Å². The monoisotopic (exact) mass is 267 g/mol. The van der Waals surface area contributed by atoms with Gasteiger partial charge in [-0.3, -0.25) is 0 Å². The summed E-state index contributed by atoms with van der Waals surface area (Å²) in [6, 6.07) is 12.9. The van der Waals surface area contributed by atoms with Crippen LogP contribution in [0, 0.1) is 0 Å². The second-order valence-corrected chi connectivity index (χ2v) is 4.50. The molecule has 4 nitrogen and oxygen atoms in total. The molecule has 0 amide bonds. The van der Waals surface area contributed by atoms with E-state index in [0.717, 1.165) is 22.0 Å². The number of fused-ring (bicyclic) bond motifs is 1. The number of carbonyl (C=O) groups excluding carboxylic acids is 1. The minimum Gasteiger partial charge on any atom is -0.507 e. The third-order valence-corrected chi connectivity index (χ3v) is 3.29. The fourth-order valence-corrected chi connectivity index (χ4v) is 2.22. The van der Waals surface area contributed by atoms with E-state index in [4.69, 9.17) is 0 Å². The number of phenolic OH excluding ortho intramolecular Hbond substituents is 1. The van der Waals surface area contributed by atoms with Crippen molar-refractivity contribution < 1.29 is 14.6 Å². The number of benzene rings is 2. The zero-order valence-electron chi connectivity index (χ0n) is 10.9. The Morgan fingerprint density at radius 1 is 1.10 bits per heavy atom. The van der Waals surface area contributed by atoms with Crippen molar-refractivity contribution in [3.05, 3.63) is 54.2 Å². The fraction of sp³-hybridized carbons (Fsp3) is 0.0625. The van der Waals surface area contributed by atoms with Gasteiger partial charge in [0.25, 0.3) is 0 Å². The molecule has 3 rings (SSSR count). The van der Waals surface area contributed by atoms with E-state index in [2.05, 4.69) is 9.72 Å². The topological polar surface area (TPSA) is 62.3 Å². The molecule has 3 aromatic rings. The van der Waals surface area contributed by atoms with Crippen molar-refractivity contribution in [3.8, 4) is 16.9 Å². The Labute approximate surface area is 115 Å². The number of aromatic hydroxyl groups is 1. The maximum atomic E-state index is 11.6. The molecule has 0 saturated heterocycles. The molecule has 1 heterocycles. The average Bonchev–Trinajstić information content (AvgIpc) is 2.94. The molecule has 2 aromatic carbocycles. The Morgan fingerprint density at radius 2 is 1.85 bits per heavy atom. The number of nitrogens with one attached hydrogen (secondary N) is 1. The summed E-state index contributed by atoms with van der Waals surface area (Å²) in [6.45, 7) is 0. The summed E-state index contributed by atoms with van der Waals surface area (Å²) < 4.78 is 4.66. The molecule has 0 aliphatic carbocycles. The highest BCUT2D eigenvalue weighted by Gasteiger charge is 2.13. The highest BCUT2D eigenvalue weighted by molar-refractivity contribution is 5.94. The molecular weight excluding hydrogens is 254 g/mol. The van der Waals surface area contributed by atoms with E-state index in [9.17, 15) is 9.90 Å². The molecule has 0 unspecified atom stereocenters. The van der Waals surface area contributed by atoms with E-state index < -0.39 is 5.97 Å². The Balaban J connectivity index is 2.11. The van der Waals surface area contributed by atoms with Crippen molar-refractivity contribution in [2.45, 2.75) is 0 Å². The van der Waals surface area contributed by atoms with Gasteiger partial charge in [-0.1, -0.05) is 12.1 Å². The van der Waals surface area contributed by atoms with Crippen molar-refractivity contribution in [2.75, 3.05) is 7.11 Å². The molecule has 0 fully saturated rings. The largest absolute Gasteiger partial charge is 0.507 e. The van der Waals surface area contributed by atoms with Crippen LogP contribution in [0.3, 0.4) is 0 Å². The number of aromatic amines is 1. The van der Waals surface area contributed by atoms with Crippen molar-refractivity contribution in [1.29, 1.82) is 0 Å². The zero-order chi connectivity index (χ0) is 14.1. The van der Waals surface area contributed by atoms with Gasteiger partial charge in [-0.05, 0) is 46.8 Å². The first kappa shape index (κ1) is 12.3. The molecule has 20 heavy (non-hydrogen) atoms. The number of esters is 1. The standard InChI is InChI=1S/C16H13NO3/c1-20-16(19)13-9-11(3-5-15(13)18)10-2-4-14-12(8-10)6-7-17-14/h2-9,17-18H,1H3. The van der Waals surface area contributed by atoms with Gasteiger partial charge in [0.1, 0.15) is 11.3 Å². The molecule has 2 N–H and O–H groups in total. The molecule has 0 saturated carbocycles. The average molecular weight is 267 g/mol. The third-order valence-electron chi connectivity index (χ3n) is 3.29. The second-order valence-electron chi connectivity index (χ2n) is 4.50. The summed E-state index contributed by atoms with van der Waals surface area (Å²) in [6.07, 6.45) is 1.88. The Hall–Kier alpha value is -2.75. The summed E-state index contributed by atoms with van der Waals surface area (Å²) in [4.78, 5) is 14.7. The highest BCUT2D eigenvalue weighted by Crippen LogP contribution is 2.28. The van der Waals surface area contributed by atoms with E-state index in [1.54, 1.807) is 12.1 Å². The van der Waals surface area contributed by atoms with Gasteiger partial charge in [0, 0.05) is 11.7 Å². The van der Waals surface area contributed by atoms with Crippen LogP contribution in [0.4, 0.5) is 0 Å². The van der Waals surface area contributed by atoms with Gasteiger partial charge in [-0.15, -0.1) is 0 Å². The number of methoxy groups -OCH3 is 1. The number of ether oxygens (including phenoxy) is 1. The van der Waals surface area contributed by atoms with Gasteiger partial charge >= 0.3 is 5.97 Å². The highest BCUT2D eigenvalue weighted by atomic mass is 16.5. The molecule has 0 radical (unpaired) electrons. The van der Waals surface area contributed by atoms with Gasteiger partial charge in [0.2, 0.25) is 0 Å². The molecule has 4 heteroatoms. The predicted molar refractivity (Wildman–Crippen MR) is 76.7 cm³/mol. The van der Waals surface area contributed by atoms with Crippen LogP contribution in [-0.4, -0.2) is 23.2 Å². The maximum absolute atomic E-state index is 11.6. The molecule has 1 aromatic heterocycles. The van der Waals surface area contributed by atoms with Crippen LogP contribution in [0.25, 0.3) is 22.0 Å². The van der Waals surface area contributed by atoms with E-state index in [0.29, 0.717) is 0 Å². The number of hydrogen-bond donors (Lipinski definition) is 2. The first-order chi connectivity index (χ1) is 9.69. The Morgan fingerprint density at radius 3 is 2.65 bits per heavy atom. The van der Waals surface area contributed by atoms with Crippen LogP contribution >= 0.6 is 0 Å². The molecule has 0 atom stereocenters. The van der Waals surface area contributed by atoms with Crippen LogP contribution in [0.15, 0.2) is 48.7 Å². The SMILES string of the molecule is COC(=O)c1cc(-c2ccc3[nH]ccc3c2)ccc1O. The van der Waals surface area contributed by atoms with Gasteiger partial charge in [0.05, 0.1) is 7.11 Å². The molecule has 0 aliphatic heterocycles. The molecular formula is C16H13NO3. The summed E-state index contributed by atoms with van der Waals surface area (Å²) in [5.41, 5.74) is 3.05. The van der Waals surface area contributed by atoms with Crippen molar-refractivity contribution in [2.24, 2.45) is 0 Å². The number of phenols is 1. The van der Waals surface area contributed by atoms with Crippen LogP contribution in [0.5, 0.6) is 5.75 Å². The summed E-state index contributed by atoms with van der Waals surface area (Å²) in [7, 11) is 1.29. The second kappa shape index (κ2) is 4.74. The molecule has 0 bridgehead atoms. The van der Waals surface area contributed by atoms with Crippen LogP contribution in [-0.2, 0) is 4.74 Å². The fourth-order valence-electron chi connectivity index (χ4n) is 2.22. The number of H-pyrrole nitrogens is 1.